The molecule has 0 radical (unpaired) electrons. The normalized spacial score (nSPS) is 11.7. The van der Waals surface area contributed by atoms with Gasteiger partial charge in [-0.2, -0.15) is 13.5 Å². The first-order chi connectivity index (χ1) is 11.3. The largest absolute Gasteiger partial charge is 0.492 e. The minimum atomic E-state index is -3.66. The van der Waals surface area contributed by atoms with Crippen LogP contribution in [0.4, 0.5) is 0 Å². The first-order valence-corrected chi connectivity index (χ1v) is 10.7. The number of rotatable bonds is 6. The van der Waals surface area contributed by atoms with Gasteiger partial charge in [0.25, 0.3) is 10.0 Å². The number of nitrogens with zero attached hydrogens (tertiary/aromatic N) is 1. The van der Waals surface area contributed by atoms with Crippen molar-refractivity contribution in [2.24, 2.45) is 5.10 Å². The van der Waals surface area contributed by atoms with Crippen LogP contribution in [0.15, 0.2) is 46.4 Å². The van der Waals surface area contributed by atoms with E-state index in [0.29, 0.717) is 6.61 Å². The van der Waals surface area contributed by atoms with Crippen LogP contribution in [0.5, 0.6) is 5.75 Å². The lowest BCUT2D eigenvalue weighted by atomic mass is 10.2. The molecule has 0 aromatic heterocycles. The first-order valence-electron chi connectivity index (χ1n) is 7.07. The van der Waals surface area contributed by atoms with E-state index in [1.807, 2.05) is 26.0 Å². The molecule has 0 amide bonds. The average Bonchev–Trinajstić information content (AvgIpc) is 2.51. The molecule has 0 aliphatic rings. The Morgan fingerprint density at radius 3 is 2.29 bits per heavy atom. The lowest BCUT2D eigenvalue weighted by Gasteiger charge is -2.09. The topological polar surface area (TPSA) is 67.8 Å². The van der Waals surface area contributed by atoms with E-state index in [-0.39, 0.29) is 4.90 Å². The highest BCUT2D eigenvalue weighted by molar-refractivity contribution is 14.1. The zero-order chi connectivity index (χ0) is 17.7. The van der Waals surface area contributed by atoms with Crippen LogP contribution in [0.3, 0.4) is 0 Å². The van der Waals surface area contributed by atoms with E-state index in [9.17, 15) is 8.42 Å². The van der Waals surface area contributed by atoms with Crippen LogP contribution in [0.25, 0.3) is 0 Å². The van der Waals surface area contributed by atoms with Crippen molar-refractivity contribution in [2.75, 3.05) is 6.61 Å². The molecule has 0 heterocycles. The molecular formula is C16H16I2N2O3S. The molecule has 24 heavy (non-hydrogen) atoms. The molecule has 0 aliphatic carbocycles. The van der Waals surface area contributed by atoms with Crippen molar-refractivity contribution in [2.45, 2.75) is 18.7 Å². The van der Waals surface area contributed by atoms with Gasteiger partial charge in [-0.05, 0) is 88.9 Å². The van der Waals surface area contributed by atoms with E-state index in [4.69, 9.17) is 4.74 Å². The van der Waals surface area contributed by atoms with Crippen LogP contribution >= 0.6 is 45.2 Å². The number of hydrazone groups is 1. The zero-order valence-electron chi connectivity index (χ0n) is 13.1. The summed E-state index contributed by atoms with van der Waals surface area (Å²) in [5, 5.41) is 3.86. The van der Waals surface area contributed by atoms with Crippen molar-refractivity contribution < 1.29 is 13.2 Å². The summed E-state index contributed by atoms with van der Waals surface area (Å²) < 4.78 is 31.8. The van der Waals surface area contributed by atoms with Crippen LogP contribution in [0.1, 0.15) is 18.1 Å². The molecular weight excluding hydrogens is 554 g/mol. The second kappa shape index (κ2) is 8.48. The van der Waals surface area contributed by atoms with Gasteiger partial charge in [-0.15, -0.1) is 0 Å². The Hall–Kier alpha value is -0.880. The van der Waals surface area contributed by atoms with Crippen LogP contribution in [-0.4, -0.2) is 21.2 Å². The number of aryl methyl sites for hydroxylation is 1. The summed E-state index contributed by atoms with van der Waals surface area (Å²) in [4.78, 5) is 2.41. The zero-order valence-corrected chi connectivity index (χ0v) is 18.2. The van der Waals surface area contributed by atoms with E-state index in [0.717, 1.165) is 24.0 Å². The quantitative estimate of drug-likeness (QED) is 0.326. The first kappa shape index (κ1) is 19.4. The number of sulfonamides is 1. The van der Waals surface area contributed by atoms with Crippen molar-refractivity contribution in [1.82, 2.24) is 4.83 Å². The smallest absolute Gasteiger partial charge is 0.276 e. The van der Waals surface area contributed by atoms with Gasteiger partial charge in [0.2, 0.25) is 0 Å². The number of ether oxygens (including phenoxy) is 1. The van der Waals surface area contributed by atoms with Crippen molar-refractivity contribution in [3.8, 4) is 5.75 Å². The van der Waals surface area contributed by atoms with Gasteiger partial charge in [0.05, 0.1) is 24.9 Å². The van der Waals surface area contributed by atoms with Crippen molar-refractivity contribution in [1.29, 1.82) is 0 Å². The summed E-state index contributed by atoms with van der Waals surface area (Å²) in [5.74, 6) is 0.830. The number of hydrogen-bond donors (Lipinski definition) is 1. The van der Waals surface area contributed by atoms with E-state index in [1.165, 1.54) is 6.21 Å². The lowest BCUT2D eigenvalue weighted by molar-refractivity contribution is 0.335. The predicted octanol–water partition coefficient (Wildman–Crippen LogP) is 3.92. The van der Waals surface area contributed by atoms with Crippen molar-refractivity contribution in [3.63, 3.8) is 0 Å². The van der Waals surface area contributed by atoms with E-state index < -0.39 is 10.0 Å². The Balaban J connectivity index is 2.15. The maximum Gasteiger partial charge on any atom is 0.276 e. The van der Waals surface area contributed by atoms with Crippen molar-refractivity contribution in [3.05, 3.63) is 54.7 Å². The third kappa shape index (κ3) is 5.06. The number of halogens is 2. The van der Waals surface area contributed by atoms with Gasteiger partial charge in [-0.25, -0.2) is 4.83 Å². The van der Waals surface area contributed by atoms with Gasteiger partial charge in [-0.1, -0.05) is 17.7 Å². The second-order valence-electron chi connectivity index (χ2n) is 4.91. The van der Waals surface area contributed by atoms with Gasteiger partial charge in [0.1, 0.15) is 5.75 Å². The van der Waals surface area contributed by atoms with Gasteiger partial charge in [-0.3, -0.25) is 0 Å². The molecule has 8 heteroatoms. The van der Waals surface area contributed by atoms with Crippen LogP contribution < -0.4 is 9.57 Å². The highest BCUT2D eigenvalue weighted by atomic mass is 127. The Kier molecular flexibility index (Phi) is 6.87. The van der Waals surface area contributed by atoms with Gasteiger partial charge in [0.15, 0.2) is 0 Å². The molecule has 128 valence electrons. The van der Waals surface area contributed by atoms with E-state index in [2.05, 4.69) is 55.1 Å². The molecule has 0 bridgehead atoms. The molecule has 0 unspecified atom stereocenters. The molecule has 1 N–H and O–H groups in total. The third-order valence-corrected chi connectivity index (χ3v) is 5.87. The summed E-state index contributed by atoms with van der Waals surface area (Å²) in [6, 6.07) is 10.4. The van der Waals surface area contributed by atoms with Crippen LogP contribution in [0, 0.1) is 14.1 Å². The summed E-state index contributed by atoms with van der Waals surface area (Å²) in [7, 11) is -3.66. The third-order valence-electron chi connectivity index (χ3n) is 3.03. The Bertz CT molecular complexity index is 827. The van der Waals surface area contributed by atoms with Gasteiger partial charge < -0.3 is 4.74 Å². The Morgan fingerprint density at radius 2 is 1.75 bits per heavy atom. The molecule has 0 aliphatic heterocycles. The summed E-state index contributed by atoms with van der Waals surface area (Å²) in [6.07, 6.45) is 1.48. The molecule has 0 spiro atoms. The molecule has 2 rings (SSSR count). The highest BCUT2D eigenvalue weighted by Gasteiger charge is 2.12. The summed E-state index contributed by atoms with van der Waals surface area (Å²) in [5.41, 5.74) is 1.79. The summed E-state index contributed by atoms with van der Waals surface area (Å²) in [6.45, 7) is 4.42. The molecule has 0 fully saturated rings. The molecule has 2 aromatic carbocycles. The highest BCUT2D eigenvalue weighted by Crippen LogP contribution is 2.28. The fourth-order valence-corrected chi connectivity index (χ4v) is 4.80. The van der Waals surface area contributed by atoms with Crippen LogP contribution in [0.2, 0.25) is 0 Å². The fraction of sp³-hybridized carbons (Fsp3) is 0.188. The van der Waals surface area contributed by atoms with Gasteiger partial charge in [0, 0.05) is 0 Å². The number of hydrogen-bond acceptors (Lipinski definition) is 4. The predicted molar refractivity (Wildman–Crippen MR) is 112 cm³/mol. The molecule has 2 aromatic rings. The fourth-order valence-electron chi connectivity index (χ4n) is 1.88. The average molecular weight is 570 g/mol. The van der Waals surface area contributed by atoms with Crippen LogP contribution in [-0.2, 0) is 10.0 Å². The number of nitrogens with one attached hydrogen (secondary N) is 1. The second-order valence-corrected chi connectivity index (χ2v) is 8.90. The van der Waals surface area contributed by atoms with Crippen molar-refractivity contribution >= 4 is 61.4 Å². The van der Waals surface area contributed by atoms with E-state index >= 15 is 0 Å². The molecule has 5 nitrogen and oxygen atoms in total. The SMILES string of the molecule is CCOc1c(I)cc(/C=N\NS(=O)(=O)c2ccc(C)cc2)cc1I. The minimum absolute atomic E-state index is 0.182. The monoisotopic (exact) mass is 570 g/mol. The molecule has 0 saturated carbocycles. The summed E-state index contributed by atoms with van der Waals surface area (Å²) >= 11 is 4.37. The lowest BCUT2D eigenvalue weighted by Crippen LogP contribution is -2.18. The standard InChI is InChI=1S/C16H16I2N2O3S/c1-3-23-16-14(17)8-12(9-15(16)18)10-19-20-24(21,22)13-6-4-11(2)5-7-13/h4-10,20H,3H2,1-2H3/b19-10-. The Morgan fingerprint density at radius 1 is 1.17 bits per heavy atom. The maximum absolute atomic E-state index is 12.2. The molecule has 0 saturated heterocycles. The number of benzene rings is 2. The Labute approximate surface area is 169 Å². The van der Waals surface area contributed by atoms with E-state index in [1.54, 1.807) is 24.3 Å². The molecule has 0 atom stereocenters. The minimum Gasteiger partial charge on any atom is -0.492 e. The van der Waals surface area contributed by atoms with Gasteiger partial charge >= 0.3 is 0 Å². The maximum atomic E-state index is 12.2.